The van der Waals surface area contributed by atoms with Crippen molar-refractivity contribution in [3.8, 4) is 0 Å². The molecule has 0 saturated heterocycles. The SMILES string of the molecule is CC(C)=CCNC(=O)CC(CN)CC(C)C. The number of amides is 1. The van der Waals surface area contributed by atoms with E-state index >= 15 is 0 Å². The van der Waals surface area contributed by atoms with E-state index in [1.54, 1.807) is 0 Å². The minimum atomic E-state index is 0.105. The number of rotatable bonds is 7. The van der Waals surface area contributed by atoms with E-state index in [9.17, 15) is 4.79 Å². The molecule has 0 heterocycles. The van der Waals surface area contributed by atoms with E-state index in [-0.39, 0.29) is 5.91 Å². The number of hydrogen-bond donors (Lipinski definition) is 2. The molecule has 3 heteroatoms. The Labute approximate surface area is 99.5 Å². The molecule has 0 radical (unpaired) electrons. The molecule has 1 amide bonds. The maximum absolute atomic E-state index is 11.6. The lowest BCUT2D eigenvalue weighted by Crippen LogP contribution is -2.29. The smallest absolute Gasteiger partial charge is 0.220 e. The monoisotopic (exact) mass is 226 g/mol. The van der Waals surface area contributed by atoms with Gasteiger partial charge in [0, 0.05) is 13.0 Å². The molecule has 0 aromatic rings. The van der Waals surface area contributed by atoms with Crippen molar-refractivity contribution in [1.82, 2.24) is 5.32 Å². The highest BCUT2D eigenvalue weighted by Gasteiger charge is 2.13. The first-order valence-corrected chi connectivity index (χ1v) is 6.05. The van der Waals surface area contributed by atoms with E-state index in [1.165, 1.54) is 5.57 Å². The molecule has 0 aliphatic rings. The fourth-order valence-electron chi connectivity index (χ4n) is 1.63. The maximum Gasteiger partial charge on any atom is 0.220 e. The Morgan fingerprint density at radius 2 is 2.00 bits per heavy atom. The Kier molecular flexibility index (Phi) is 7.90. The van der Waals surface area contributed by atoms with Crippen molar-refractivity contribution in [1.29, 1.82) is 0 Å². The molecule has 0 aliphatic carbocycles. The molecule has 0 saturated carbocycles. The predicted molar refractivity (Wildman–Crippen MR) is 69.1 cm³/mol. The lowest BCUT2D eigenvalue weighted by atomic mass is 9.94. The number of nitrogens with two attached hydrogens (primary N) is 1. The van der Waals surface area contributed by atoms with E-state index in [4.69, 9.17) is 5.73 Å². The van der Waals surface area contributed by atoms with Crippen molar-refractivity contribution in [2.45, 2.75) is 40.5 Å². The molecular weight excluding hydrogens is 200 g/mol. The summed E-state index contributed by atoms with van der Waals surface area (Å²) in [7, 11) is 0. The fraction of sp³-hybridized carbons (Fsp3) is 0.769. The van der Waals surface area contributed by atoms with E-state index in [2.05, 4.69) is 19.2 Å². The van der Waals surface area contributed by atoms with E-state index < -0.39 is 0 Å². The van der Waals surface area contributed by atoms with Gasteiger partial charge in [-0.25, -0.2) is 0 Å². The Balaban J connectivity index is 3.87. The zero-order valence-corrected chi connectivity index (χ0v) is 11.0. The zero-order chi connectivity index (χ0) is 12.6. The van der Waals surface area contributed by atoms with Crippen LogP contribution in [0.25, 0.3) is 0 Å². The van der Waals surface area contributed by atoms with Crippen LogP contribution in [0.4, 0.5) is 0 Å². The van der Waals surface area contributed by atoms with Gasteiger partial charge in [0.25, 0.3) is 0 Å². The number of carbonyl (C=O) groups is 1. The fourth-order valence-corrected chi connectivity index (χ4v) is 1.63. The first-order chi connectivity index (χ1) is 7.45. The Morgan fingerprint density at radius 1 is 1.38 bits per heavy atom. The topological polar surface area (TPSA) is 55.1 Å². The average Bonchev–Trinajstić information content (AvgIpc) is 2.15. The number of carbonyl (C=O) groups excluding carboxylic acids is 1. The summed E-state index contributed by atoms with van der Waals surface area (Å²) >= 11 is 0. The first-order valence-electron chi connectivity index (χ1n) is 6.05. The summed E-state index contributed by atoms with van der Waals surface area (Å²) in [6.45, 7) is 9.57. The summed E-state index contributed by atoms with van der Waals surface area (Å²) in [4.78, 5) is 11.6. The minimum Gasteiger partial charge on any atom is -0.353 e. The van der Waals surface area contributed by atoms with Gasteiger partial charge in [-0.1, -0.05) is 25.5 Å². The average molecular weight is 226 g/mol. The van der Waals surface area contributed by atoms with Crippen molar-refractivity contribution in [2.75, 3.05) is 13.1 Å². The molecule has 0 rings (SSSR count). The summed E-state index contributed by atoms with van der Waals surface area (Å²) in [5.74, 6) is 1.01. The van der Waals surface area contributed by atoms with E-state index in [0.717, 1.165) is 6.42 Å². The number of allylic oxidation sites excluding steroid dienone is 1. The lowest BCUT2D eigenvalue weighted by molar-refractivity contribution is -0.121. The molecule has 0 fully saturated rings. The Morgan fingerprint density at radius 3 is 2.44 bits per heavy atom. The van der Waals surface area contributed by atoms with Crippen LogP contribution < -0.4 is 11.1 Å². The standard InChI is InChI=1S/C13H26N2O/c1-10(2)5-6-15-13(16)8-12(9-14)7-11(3)4/h5,11-12H,6-9,14H2,1-4H3,(H,15,16). The van der Waals surface area contributed by atoms with Crippen molar-refractivity contribution >= 4 is 5.91 Å². The van der Waals surface area contributed by atoms with E-state index in [0.29, 0.717) is 31.3 Å². The lowest BCUT2D eigenvalue weighted by Gasteiger charge is -2.16. The number of hydrogen-bond acceptors (Lipinski definition) is 2. The van der Waals surface area contributed by atoms with Crippen LogP contribution in [0.1, 0.15) is 40.5 Å². The second kappa shape index (κ2) is 8.34. The summed E-state index contributed by atoms with van der Waals surface area (Å²) in [6, 6.07) is 0. The molecule has 3 nitrogen and oxygen atoms in total. The summed E-state index contributed by atoms with van der Waals surface area (Å²) < 4.78 is 0. The van der Waals surface area contributed by atoms with Crippen LogP contribution >= 0.6 is 0 Å². The second-order valence-electron chi connectivity index (χ2n) is 5.02. The van der Waals surface area contributed by atoms with Crippen LogP contribution in [0.2, 0.25) is 0 Å². The van der Waals surface area contributed by atoms with E-state index in [1.807, 2.05) is 19.9 Å². The van der Waals surface area contributed by atoms with Crippen LogP contribution in [0, 0.1) is 11.8 Å². The molecule has 0 aromatic heterocycles. The van der Waals surface area contributed by atoms with Gasteiger partial charge in [-0.2, -0.15) is 0 Å². The third-order valence-corrected chi connectivity index (χ3v) is 2.42. The molecule has 94 valence electrons. The van der Waals surface area contributed by atoms with Gasteiger partial charge in [0.15, 0.2) is 0 Å². The molecule has 0 bridgehead atoms. The quantitative estimate of drug-likeness (QED) is 0.653. The molecular formula is C13H26N2O. The van der Waals surface area contributed by atoms with Crippen molar-refractivity contribution in [3.63, 3.8) is 0 Å². The third kappa shape index (κ3) is 8.48. The van der Waals surface area contributed by atoms with Crippen LogP contribution in [0.15, 0.2) is 11.6 Å². The van der Waals surface area contributed by atoms with Gasteiger partial charge in [-0.15, -0.1) is 0 Å². The van der Waals surface area contributed by atoms with Gasteiger partial charge in [-0.3, -0.25) is 4.79 Å². The van der Waals surface area contributed by atoms with Gasteiger partial charge in [0.1, 0.15) is 0 Å². The molecule has 0 spiro atoms. The molecule has 1 unspecified atom stereocenters. The molecule has 3 N–H and O–H groups in total. The minimum absolute atomic E-state index is 0.105. The van der Waals surface area contributed by atoms with Crippen LogP contribution in [-0.4, -0.2) is 19.0 Å². The van der Waals surface area contributed by atoms with Crippen molar-refractivity contribution in [3.05, 3.63) is 11.6 Å². The molecule has 16 heavy (non-hydrogen) atoms. The normalized spacial score (nSPS) is 12.4. The van der Waals surface area contributed by atoms with Gasteiger partial charge in [0.2, 0.25) is 5.91 Å². The highest BCUT2D eigenvalue weighted by atomic mass is 16.1. The van der Waals surface area contributed by atoms with Crippen LogP contribution in [-0.2, 0) is 4.79 Å². The second-order valence-corrected chi connectivity index (χ2v) is 5.02. The van der Waals surface area contributed by atoms with Crippen LogP contribution in [0.3, 0.4) is 0 Å². The summed E-state index contributed by atoms with van der Waals surface area (Å²) in [5.41, 5.74) is 6.87. The Bertz CT molecular complexity index is 230. The number of nitrogens with one attached hydrogen (secondary N) is 1. The largest absolute Gasteiger partial charge is 0.353 e. The van der Waals surface area contributed by atoms with Gasteiger partial charge in [-0.05, 0) is 38.6 Å². The molecule has 1 atom stereocenters. The Hall–Kier alpha value is -0.830. The first kappa shape index (κ1) is 15.2. The van der Waals surface area contributed by atoms with Crippen molar-refractivity contribution in [2.24, 2.45) is 17.6 Å². The molecule has 0 aromatic carbocycles. The highest BCUT2D eigenvalue weighted by molar-refractivity contribution is 5.76. The van der Waals surface area contributed by atoms with Crippen molar-refractivity contribution < 1.29 is 4.79 Å². The van der Waals surface area contributed by atoms with Gasteiger partial charge >= 0.3 is 0 Å². The summed E-state index contributed by atoms with van der Waals surface area (Å²) in [6.07, 6.45) is 3.58. The van der Waals surface area contributed by atoms with Gasteiger partial charge < -0.3 is 11.1 Å². The van der Waals surface area contributed by atoms with Crippen LogP contribution in [0.5, 0.6) is 0 Å². The predicted octanol–water partition coefficient (Wildman–Crippen LogP) is 2.08. The zero-order valence-electron chi connectivity index (χ0n) is 11.0. The third-order valence-electron chi connectivity index (χ3n) is 2.42. The molecule has 0 aliphatic heterocycles. The summed E-state index contributed by atoms with van der Waals surface area (Å²) in [5, 5.41) is 2.88. The van der Waals surface area contributed by atoms with Gasteiger partial charge in [0.05, 0.1) is 0 Å². The maximum atomic E-state index is 11.6. The highest BCUT2D eigenvalue weighted by Crippen LogP contribution is 2.13.